The molecular weight excluding hydrogens is 477 g/mol. The number of carbonyl (C=O) groups is 1. The van der Waals surface area contributed by atoms with Gasteiger partial charge in [-0.15, -0.1) is 0 Å². The van der Waals surface area contributed by atoms with Gasteiger partial charge in [-0.2, -0.15) is 0 Å². The Balaban J connectivity index is 2.21. The van der Waals surface area contributed by atoms with E-state index in [1.54, 1.807) is 0 Å². The van der Waals surface area contributed by atoms with Crippen molar-refractivity contribution in [3.05, 3.63) is 29.8 Å². The average molecular weight is 528 g/mol. The van der Waals surface area contributed by atoms with Gasteiger partial charge in [0.25, 0.3) is 6.47 Å². The Bertz CT molecular complexity index is 648. The van der Waals surface area contributed by atoms with Crippen LogP contribution in [0.3, 0.4) is 0 Å². The number of hydrogen-bond donors (Lipinski definition) is 1. The first-order valence-corrected chi connectivity index (χ1v) is 14.9. The summed E-state index contributed by atoms with van der Waals surface area (Å²) in [5.74, 6) is 0.737. The molecule has 0 aromatic heterocycles. The van der Waals surface area contributed by atoms with Gasteiger partial charge in [-0.3, -0.25) is 4.79 Å². The maximum atomic E-state index is 10.9. The maximum absolute atomic E-state index is 10.9. The van der Waals surface area contributed by atoms with E-state index >= 15 is 0 Å². The van der Waals surface area contributed by atoms with Crippen LogP contribution in [0.1, 0.15) is 89.5 Å². The molecule has 0 saturated carbocycles. The zero-order chi connectivity index (χ0) is 26.3. The number of benzene rings is 1. The lowest BCUT2D eigenvalue weighted by Crippen LogP contribution is -2.26. The lowest BCUT2D eigenvalue weighted by atomic mass is 10.0. The van der Waals surface area contributed by atoms with Crippen molar-refractivity contribution < 1.29 is 28.2 Å². The van der Waals surface area contributed by atoms with Crippen LogP contribution in [0, 0.1) is 0 Å². The molecule has 0 radical (unpaired) electrons. The molecular formula is C28H50NO6P. The summed E-state index contributed by atoms with van der Waals surface area (Å²) in [5, 5.41) is 0. The fourth-order valence-corrected chi connectivity index (χ4v) is 4.54. The van der Waals surface area contributed by atoms with Gasteiger partial charge in [-0.25, -0.2) is 0 Å². The SMILES string of the molecule is CCCCCCCCCCCCCc1cccc(OCC(COP(O)OCCCN(C)C)OC=O)c1. The minimum atomic E-state index is -2.01. The van der Waals surface area contributed by atoms with Crippen LogP contribution in [0.15, 0.2) is 24.3 Å². The highest BCUT2D eigenvalue weighted by atomic mass is 31.2. The second kappa shape index (κ2) is 22.9. The third-order valence-corrected chi connectivity index (χ3v) is 6.75. The van der Waals surface area contributed by atoms with Crippen LogP contribution < -0.4 is 4.74 Å². The number of hydrogen-bond acceptors (Lipinski definition) is 7. The fraction of sp³-hybridized carbons (Fsp3) is 0.750. The van der Waals surface area contributed by atoms with Crippen LogP contribution in [0.25, 0.3) is 0 Å². The van der Waals surface area contributed by atoms with E-state index in [0.29, 0.717) is 13.1 Å². The maximum Gasteiger partial charge on any atom is 0.329 e. The van der Waals surface area contributed by atoms with Crippen LogP contribution in [0.5, 0.6) is 5.75 Å². The second-order valence-electron chi connectivity index (χ2n) is 9.62. The summed E-state index contributed by atoms with van der Waals surface area (Å²) in [5.41, 5.74) is 1.25. The smallest absolute Gasteiger partial charge is 0.329 e. The predicted octanol–water partition coefficient (Wildman–Crippen LogP) is 6.66. The lowest BCUT2D eigenvalue weighted by Gasteiger charge is -2.18. The van der Waals surface area contributed by atoms with Crippen molar-refractivity contribution in [2.45, 2.75) is 96.5 Å². The second-order valence-corrected chi connectivity index (χ2v) is 10.6. The molecule has 0 amide bonds. The average Bonchev–Trinajstić information content (AvgIpc) is 2.87. The molecule has 36 heavy (non-hydrogen) atoms. The molecule has 8 heteroatoms. The van der Waals surface area contributed by atoms with Gasteiger partial charge in [0.1, 0.15) is 12.4 Å². The zero-order valence-corrected chi connectivity index (χ0v) is 23.8. The summed E-state index contributed by atoms with van der Waals surface area (Å²) in [4.78, 5) is 22.8. The monoisotopic (exact) mass is 527 g/mol. The topological polar surface area (TPSA) is 77.5 Å². The van der Waals surface area contributed by atoms with Crippen LogP contribution in [0.4, 0.5) is 0 Å². The molecule has 0 saturated heterocycles. The molecule has 0 aliphatic heterocycles. The van der Waals surface area contributed by atoms with Crippen LogP contribution >= 0.6 is 8.60 Å². The molecule has 1 aromatic rings. The highest BCUT2D eigenvalue weighted by molar-refractivity contribution is 7.40. The summed E-state index contributed by atoms with van der Waals surface area (Å²) in [6.45, 7) is 4.06. The van der Waals surface area contributed by atoms with Crippen LogP contribution in [-0.2, 0) is 25.0 Å². The van der Waals surface area contributed by atoms with Gasteiger partial charge in [0, 0.05) is 0 Å². The van der Waals surface area contributed by atoms with E-state index in [-0.39, 0.29) is 13.2 Å². The van der Waals surface area contributed by atoms with Crippen molar-refractivity contribution in [3.8, 4) is 5.75 Å². The first kappa shape index (κ1) is 32.8. The Morgan fingerprint density at radius 3 is 2.22 bits per heavy atom. The van der Waals surface area contributed by atoms with E-state index in [0.717, 1.165) is 25.1 Å². The van der Waals surface area contributed by atoms with Gasteiger partial charge in [0.15, 0.2) is 6.10 Å². The standard InChI is InChI=1S/C28H50NO6P/c1-4-5-6-7-8-9-10-11-12-13-14-17-26-18-15-19-27(22-26)32-23-28(33-25-30)24-35-36(31)34-21-16-20-29(2)3/h15,18-19,22,25,28,31H,4-14,16-17,20-21,23-24H2,1-3H3. The molecule has 7 nitrogen and oxygen atoms in total. The Morgan fingerprint density at radius 2 is 1.58 bits per heavy atom. The molecule has 0 heterocycles. The predicted molar refractivity (Wildman–Crippen MR) is 147 cm³/mol. The van der Waals surface area contributed by atoms with E-state index in [4.69, 9.17) is 18.5 Å². The fourth-order valence-electron chi connectivity index (χ4n) is 3.89. The van der Waals surface area contributed by atoms with E-state index in [9.17, 15) is 9.69 Å². The molecule has 0 aliphatic rings. The minimum Gasteiger partial charge on any atom is -0.490 e. The Hall–Kier alpha value is -1.24. The quantitative estimate of drug-likeness (QED) is 0.0865. The van der Waals surface area contributed by atoms with Gasteiger partial charge in [-0.05, 0) is 57.6 Å². The normalized spacial score (nSPS) is 13.0. The molecule has 208 valence electrons. The molecule has 0 bridgehead atoms. The molecule has 1 N–H and O–H groups in total. The largest absolute Gasteiger partial charge is 0.490 e. The summed E-state index contributed by atoms with van der Waals surface area (Å²) in [6, 6.07) is 8.06. The molecule has 0 spiro atoms. The van der Waals surface area contributed by atoms with E-state index in [1.165, 1.54) is 76.2 Å². The highest BCUT2D eigenvalue weighted by Gasteiger charge is 2.16. The number of nitrogens with zero attached hydrogens (tertiary/aromatic N) is 1. The Morgan fingerprint density at radius 1 is 0.917 bits per heavy atom. The van der Waals surface area contributed by atoms with Crippen molar-refractivity contribution in [3.63, 3.8) is 0 Å². The summed E-state index contributed by atoms with van der Waals surface area (Å²) < 4.78 is 21.5. The van der Waals surface area contributed by atoms with E-state index in [1.807, 2.05) is 37.2 Å². The van der Waals surface area contributed by atoms with Crippen LogP contribution in [0.2, 0.25) is 0 Å². The van der Waals surface area contributed by atoms with Crippen molar-refractivity contribution in [2.75, 3.05) is 40.5 Å². The lowest BCUT2D eigenvalue weighted by molar-refractivity contribution is -0.136. The number of rotatable bonds is 25. The Labute approximate surface area is 220 Å². The van der Waals surface area contributed by atoms with E-state index < -0.39 is 14.7 Å². The first-order chi connectivity index (χ1) is 17.5. The highest BCUT2D eigenvalue weighted by Crippen LogP contribution is 2.33. The van der Waals surface area contributed by atoms with Gasteiger partial charge in [-0.1, -0.05) is 83.3 Å². The number of unbranched alkanes of at least 4 members (excludes halogenated alkanes) is 10. The molecule has 0 aliphatic carbocycles. The van der Waals surface area contributed by atoms with Gasteiger partial charge in [0.2, 0.25) is 0 Å². The van der Waals surface area contributed by atoms with Gasteiger partial charge < -0.3 is 28.3 Å². The number of ether oxygens (including phenoxy) is 2. The van der Waals surface area contributed by atoms with Crippen LogP contribution in [-0.4, -0.2) is 62.8 Å². The minimum absolute atomic E-state index is 0.00700. The molecule has 0 fully saturated rings. The third kappa shape index (κ3) is 18.9. The van der Waals surface area contributed by atoms with Crippen molar-refractivity contribution in [2.24, 2.45) is 0 Å². The Kier molecular flexibility index (Phi) is 20.9. The van der Waals surface area contributed by atoms with Crippen molar-refractivity contribution in [1.29, 1.82) is 0 Å². The first-order valence-electron chi connectivity index (χ1n) is 13.8. The van der Waals surface area contributed by atoms with Crippen molar-refractivity contribution in [1.82, 2.24) is 4.90 Å². The number of aryl methyl sites for hydroxylation is 1. The summed E-state index contributed by atoms with van der Waals surface area (Å²) in [7, 11) is 1.95. The molecule has 2 atom stereocenters. The molecule has 2 unspecified atom stereocenters. The summed E-state index contributed by atoms with van der Waals surface area (Å²) in [6.07, 6.45) is 15.9. The van der Waals surface area contributed by atoms with Gasteiger partial charge >= 0.3 is 8.60 Å². The molecule has 1 rings (SSSR count). The number of carbonyl (C=O) groups excluding carboxylic acids is 1. The van der Waals surface area contributed by atoms with Crippen molar-refractivity contribution >= 4 is 15.1 Å². The van der Waals surface area contributed by atoms with Gasteiger partial charge in [0.05, 0.1) is 13.2 Å². The molecule has 1 aromatic carbocycles. The van der Waals surface area contributed by atoms with E-state index in [2.05, 4.69) is 13.0 Å². The third-order valence-electron chi connectivity index (χ3n) is 5.97. The summed E-state index contributed by atoms with van der Waals surface area (Å²) >= 11 is 0. The zero-order valence-electron chi connectivity index (χ0n) is 22.9.